The van der Waals surface area contributed by atoms with E-state index in [4.69, 9.17) is 4.65 Å². The number of hydrogen-bond donors (Lipinski definition) is 2. The summed E-state index contributed by atoms with van der Waals surface area (Å²) in [6.45, 7) is 4.11. The molecule has 1 aliphatic carbocycles. The van der Waals surface area contributed by atoms with Crippen molar-refractivity contribution in [2.75, 3.05) is 4.90 Å². The van der Waals surface area contributed by atoms with Crippen molar-refractivity contribution in [2.45, 2.75) is 52.0 Å². The van der Waals surface area contributed by atoms with Crippen molar-refractivity contribution in [3.8, 4) is 5.75 Å². The molecule has 5 rings (SSSR count). The molecule has 2 amide bonds. The number of hydrogen-bond acceptors (Lipinski definition) is 5. The van der Waals surface area contributed by atoms with Crippen LogP contribution < -0.4 is 4.90 Å². The highest BCUT2D eigenvalue weighted by Crippen LogP contribution is 2.51. The van der Waals surface area contributed by atoms with Gasteiger partial charge < -0.3 is 14.8 Å². The molecule has 0 bridgehead atoms. The number of anilines is 1. The number of carbonyl (C=O) groups excluding carboxylic acids is 2. The summed E-state index contributed by atoms with van der Waals surface area (Å²) in [6, 6.07) is 14.4. The molecule has 3 aliphatic rings. The predicted molar refractivity (Wildman–Crippen MR) is 148 cm³/mol. The highest BCUT2D eigenvalue weighted by Gasteiger charge is 2.57. The number of para-hydroxylation sites is 1. The molecule has 6 nitrogen and oxygen atoms in total. The third-order valence-electron chi connectivity index (χ3n) is 8.00. The van der Waals surface area contributed by atoms with Gasteiger partial charge in [0.1, 0.15) is 5.75 Å². The first kappa shape index (κ1) is 26.0. The molecule has 0 spiro atoms. The number of fused-ring (bicyclic) bond motifs is 3. The van der Waals surface area contributed by atoms with Gasteiger partial charge in [-0.25, -0.2) is 0 Å². The summed E-state index contributed by atoms with van der Waals surface area (Å²) in [6.07, 6.45) is 4.71. The maximum absolute atomic E-state index is 13.6. The highest BCUT2D eigenvalue weighted by atomic mass is 79.9. The van der Waals surface area contributed by atoms with E-state index in [9.17, 15) is 19.7 Å². The Morgan fingerprint density at radius 2 is 1.92 bits per heavy atom. The number of amides is 2. The van der Waals surface area contributed by atoms with Gasteiger partial charge in [-0.2, -0.15) is 0 Å². The molecule has 2 saturated heterocycles. The van der Waals surface area contributed by atoms with Gasteiger partial charge in [-0.05, 0) is 80.8 Å². The second kappa shape index (κ2) is 10.6. The fraction of sp³-hybridized carbons (Fsp3) is 0.379. The molecule has 37 heavy (non-hydrogen) atoms. The standard InChI is InChI=1S/C29H31BBrNO5/c1-3-18(14-19-15-20(31)10-11-24(19)33)9-12-25-26-17(2)13-22-27(23(26)16-30(36)37-25)29(35)32(28(22)34)21-7-5-4-6-8-21/h4-8,10-11,14-15,22-23,25,27,33,36H,3,9,12-13,16H2,1-2H3/b18-14+/t22-,23+,25-,27-/m1/s1. The van der Waals surface area contributed by atoms with Crippen LogP contribution in [0.5, 0.6) is 5.75 Å². The van der Waals surface area contributed by atoms with Gasteiger partial charge in [0.25, 0.3) is 0 Å². The summed E-state index contributed by atoms with van der Waals surface area (Å²) in [5.41, 5.74) is 4.67. The van der Waals surface area contributed by atoms with Gasteiger partial charge in [0.15, 0.2) is 0 Å². The fourth-order valence-corrected chi connectivity index (χ4v) is 6.66. The van der Waals surface area contributed by atoms with Gasteiger partial charge in [0.05, 0.1) is 23.6 Å². The van der Waals surface area contributed by atoms with E-state index in [1.54, 1.807) is 24.3 Å². The van der Waals surface area contributed by atoms with Crippen LogP contribution in [0.25, 0.3) is 6.08 Å². The molecule has 2 heterocycles. The molecule has 2 fully saturated rings. The summed E-state index contributed by atoms with van der Waals surface area (Å²) >= 11 is 3.46. The monoisotopic (exact) mass is 563 g/mol. The third-order valence-corrected chi connectivity index (χ3v) is 8.49. The Labute approximate surface area is 226 Å². The number of halogens is 1. The Kier molecular flexibility index (Phi) is 7.43. The van der Waals surface area contributed by atoms with E-state index in [-0.39, 0.29) is 29.6 Å². The van der Waals surface area contributed by atoms with Crippen LogP contribution in [0, 0.1) is 17.8 Å². The molecule has 4 atom stereocenters. The second-order valence-corrected chi connectivity index (χ2v) is 11.2. The van der Waals surface area contributed by atoms with E-state index in [2.05, 4.69) is 22.9 Å². The van der Waals surface area contributed by atoms with E-state index < -0.39 is 19.0 Å². The highest BCUT2D eigenvalue weighted by molar-refractivity contribution is 9.10. The topological polar surface area (TPSA) is 87.1 Å². The summed E-state index contributed by atoms with van der Waals surface area (Å²) in [4.78, 5) is 28.3. The average Bonchev–Trinajstić information content (AvgIpc) is 3.13. The van der Waals surface area contributed by atoms with E-state index in [0.29, 0.717) is 24.8 Å². The molecule has 0 unspecified atom stereocenters. The summed E-state index contributed by atoms with van der Waals surface area (Å²) in [5, 5.41) is 20.9. The van der Waals surface area contributed by atoms with Crippen molar-refractivity contribution < 1.29 is 24.4 Å². The molecule has 2 aliphatic heterocycles. The lowest BCUT2D eigenvalue weighted by Crippen LogP contribution is -2.46. The zero-order valence-corrected chi connectivity index (χ0v) is 22.6. The first-order valence-corrected chi connectivity index (χ1v) is 13.7. The molecule has 0 aromatic heterocycles. The molecular formula is C29H31BBrNO5. The smallest absolute Gasteiger partial charge is 0.455 e. The quantitative estimate of drug-likeness (QED) is 0.265. The maximum atomic E-state index is 13.6. The Morgan fingerprint density at radius 1 is 1.16 bits per heavy atom. The van der Waals surface area contributed by atoms with Crippen LogP contribution in [0.1, 0.15) is 45.1 Å². The first-order valence-electron chi connectivity index (χ1n) is 12.9. The van der Waals surface area contributed by atoms with Crippen LogP contribution in [-0.4, -0.2) is 35.2 Å². The van der Waals surface area contributed by atoms with Crippen molar-refractivity contribution >= 4 is 46.6 Å². The van der Waals surface area contributed by atoms with E-state index >= 15 is 0 Å². The minimum absolute atomic E-state index is 0.151. The summed E-state index contributed by atoms with van der Waals surface area (Å²) < 4.78 is 6.93. The van der Waals surface area contributed by atoms with Gasteiger partial charge in [0, 0.05) is 10.0 Å². The van der Waals surface area contributed by atoms with Crippen LogP contribution in [-0.2, 0) is 14.2 Å². The lowest BCUT2D eigenvalue weighted by atomic mass is 9.59. The van der Waals surface area contributed by atoms with Crippen molar-refractivity contribution in [1.29, 1.82) is 0 Å². The van der Waals surface area contributed by atoms with Crippen molar-refractivity contribution in [2.24, 2.45) is 17.8 Å². The van der Waals surface area contributed by atoms with E-state index in [1.807, 2.05) is 37.3 Å². The van der Waals surface area contributed by atoms with Crippen LogP contribution in [0.15, 0.2) is 69.7 Å². The number of nitrogens with zero attached hydrogens (tertiary/aromatic N) is 1. The van der Waals surface area contributed by atoms with Crippen LogP contribution >= 0.6 is 15.9 Å². The van der Waals surface area contributed by atoms with Crippen LogP contribution in [0.2, 0.25) is 6.32 Å². The fourth-order valence-electron chi connectivity index (χ4n) is 6.28. The number of phenolic OH excluding ortho intramolecular Hbond substituents is 1. The zero-order chi connectivity index (χ0) is 26.3. The SMILES string of the molecule is CC/C(=C\c1cc(Br)ccc1O)CC[C@H]1OB(O)C[C@H]2C1=C(C)C[C@H]1C(=O)N(c3ccccc3)C(=O)[C@H]12. The summed E-state index contributed by atoms with van der Waals surface area (Å²) in [7, 11) is -0.984. The van der Waals surface area contributed by atoms with Crippen molar-refractivity contribution in [1.82, 2.24) is 0 Å². The number of rotatable bonds is 6. The molecular weight excluding hydrogens is 533 g/mol. The minimum Gasteiger partial charge on any atom is -0.507 e. The Hall–Kier alpha value is -2.68. The molecule has 192 valence electrons. The van der Waals surface area contributed by atoms with Crippen LogP contribution in [0.4, 0.5) is 5.69 Å². The maximum Gasteiger partial charge on any atom is 0.455 e. The van der Waals surface area contributed by atoms with Gasteiger partial charge in [-0.1, -0.05) is 58.3 Å². The predicted octanol–water partition coefficient (Wildman–Crippen LogP) is 5.75. The normalized spacial score (nSPS) is 26.0. The lowest BCUT2D eigenvalue weighted by Gasteiger charge is -2.42. The largest absolute Gasteiger partial charge is 0.507 e. The number of carbonyl (C=O) groups is 2. The minimum atomic E-state index is -0.984. The summed E-state index contributed by atoms with van der Waals surface area (Å²) in [5.74, 6) is -1.21. The van der Waals surface area contributed by atoms with E-state index in [1.165, 1.54) is 4.90 Å². The van der Waals surface area contributed by atoms with Crippen molar-refractivity contribution in [3.05, 3.63) is 75.3 Å². The Bertz CT molecular complexity index is 1280. The van der Waals surface area contributed by atoms with Crippen LogP contribution in [0.3, 0.4) is 0 Å². The number of imide groups is 1. The van der Waals surface area contributed by atoms with Gasteiger partial charge >= 0.3 is 7.12 Å². The van der Waals surface area contributed by atoms with E-state index in [0.717, 1.165) is 39.6 Å². The van der Waals surface area contributed by atoms with Gasteiger partial charge in [0.2, 0.25) is 11.8 Å². The number of benzene rings is 2. The average molecular weight is 564 g/mol. The number of allylic oxidation sites excluding steroid dienone is 2. The van der Waals surface area contributed by atoms with Gasteiger partial charge in [-0.3, -0.25) is 14.5 Å². The molecule has 2 aromatic carbocycles. The number of phenols is 1. The number of aromatic hydroxyl groups is 1. The molecule has 0 saturated carbocycles. The Balaban J connectivity index is 1.40. The van der Waals surface area contributed by atoms with Gasteiger partial charge in [-0.15, -0.1) is 0 Å². The zero-order valence-electron chi connectivity index (χ0n) is 21.1. The molecule has 0 radical (unpaired) electrons. The lowest BCUT2D eigenvalue weighted by molar-refractivity contribution is -0.122. The van der Waals surface area contributed by atoms with Crippen molar-refractivity contribution in [3.63, 3.8) is 0 Å². The first-order chi connectivity index (χ1) is 17.8. The molecule has 2 aromatic rings. The third kappa shape index (κ3) is 4.94. The molecule has 2 N–H and O–H groups in total. The Morgan fingerprint density at radius 3 is 2.65 bits per heavy atom. The molecule has 8 heteroatoms. The second-order valence-electron chi connectivity index (χ2n) is 10.2.